The van der Waals surface area contributed by atoms with Gasteiger partial charge in [0.25, 0.3) is 0 Å². The third kappa shape index (κ3) is 2.45. The number of rotatable bonds is 0. The number of nitrogens with zero attached hydrogens (tertiary/aromatic N) is 2. The van der Waals surface area contributed by atoms with Gasteiger partial charge in [-0.2, -0.15) is 0 Å². The van der Waals surface area contributed by atoms with Gasteiger partial charge in [0.15, 0.2) is 0 Å². The average Bonchev–Trinajstić information content (AvgIpc) is 3.41. The number of hydrogen-bond donors (Lipinski definition) is 0. The molecular weight excluding hydrogens is 376 g/mol. The molecule has 6 aromatic rings. The lowest BCUT2D eigenvalue weighted by atomic mass is 10.0. The molecule has 0 aliphatic carbocycles. The van der Waals surface area contributed by atoms with Crippen LogP contribution in [0.3, 0.4) is 0 Å². The van der Waals surface area contributed by atoms with Crippen LogP contribution in [-0.4, -0.2) is 8.97 Å². The third-order valence-electron chi connectivity index (χ3n) is 6.86. The molecule has 2 nitrogen and oxygen atoms in total. The van der Waals surface area contributed by atoms with Crippen molar-refractivity contribution in [1.82, 2.24) is 8.97 Å². The van der Waals surface area contributed by atoms with Crippen LogP contribution in [0.15, 0.2) is 91.1 Å². The van der Waals surface area contributed by atoms with Gasteiger partial charge in [0.2, 0.25) is 0 Å². The lowest BCUT2D eigenvalue weighted by Crippen LogP contribution is -1.95. The van der Waals surface area contributed by atoms with E-state index in [9.17, 15) is 0 Å². The molecule has 0 spiro atoms. The maximum atomic E-state index is 2.49. The molecule has 0 saturated heterocycles. The summed E-state index contributed by atoms with van der Waals surface area (Å²) in [6.07, 6.45) is 3.29. The molecule has 0 radical (unpaired) electrons. The van der Waals surface area contributed by atoms with E-state index >= 15 is 0 Å². The van der Waals surface area contributed by atoms with Crippen molar-refractivity contribution in [3.05, 3.63) is 102 Å². The van der Waals surface area contributed by atoms with Gasteiger partial charge in [-0.05, 0) is 87.8 Å². The van der Waals surface area contributed by atoms with Crippen molar-refractivity contribution in [2.24, 2.45) is 0 Å². The molecule has 7 rings (SSSR count). The predicted octanol–water partition coefficient (Wildman–Crippen LogP) is 7.34. The van der Waals surface area contributed by atoms with E-state index in [4.69, 9.17) is 0 Å². The summed E-state index contributed by atoms with van der Waals surface area (Å²) in [6.45, 7) is 3.23. The predicted molar refractivity (Wildman–Crippen MR) is 131 cm³/mol. The summed E-state index contributed by atoms with van der Waals surface area (Å²) in [5, 5.41) is 6.38. The highest BCUT2D eigenvalue weighted by Crippen LogP contribution is 2.30. The van der Waals surface area contributed by atoms with Crippen LogP contribution >= 0.6 is 0 Å². The summed E-state index contributed by atoms with van der Waals surface area (Å²) in [4.78, 5) is 0. The Bertz CT molecular complexity index is 1750. The van der Waals surface area contributed by atoms with Crippen molar-refractivity contribution in [3.8, 4) is 0 Å². The third-order valence-corrected chi connectivity index (χ3v) is 6.86. The van der Waals surface area contributed by atoms with Crippen molar-refractivity contribution < 1.29 is 0 Å². The normalized spacial score (nSPS) is 13.1. The van der Waals surface area contributed by atoms with Crippen molar-refractivity contribution in [2.75, 3.05) is 0 Å². The Morgan fingerprint density at radius 2 is 1.35 bits per heavy atom. The number of aryl methyl sites for hydroxylation is 3. The van der Waals surface area contributed by atoms with Gasteiger partial charge < -0.3 is 8.97 Å². The Hall–Kier alpha value is -3.78. The van der Waals surface area contributed by atoms with Gasteiger partial charge in [-0.3, -0.25) is 0 Å². The van der Waals surface area contributed by atoms with Crippen LogP contribution in [-0.2, 0) is 13.0 Å². The highest BCUT2D eigenvalue weighted by molar-refractivity contribution is 6.07. The van der Waals surface area contributed by atoms with Gasteiger partial charge in [0.05, 0.1) is 5.52 Å². The van der Waals surface area contributed by atoms with Crippen LogP contribution in [0.5, 0.6) is 0 Å². The molecule has 2 aromatic heterocycles. The van der Waals surface area contributed by atoms with E-state index in [1.54, 1.807) is 0 Å². The molecule has 6 bridgehead atoms. The van der Waals surface area contributed by atoms with E-state index in [1.165, 1.54) is 60.1 Å². The van der Waals surface area contributed by atoms with E-state index in [-0.39, 0.29) is 0 Å². The first-order chi connectivity index (χ1) is 15.2. The lowest BCUT2D eigenvalue weighted by Gasteiger charge is -2.06. The fourth-order valence-electron chi connectivity index (χ4n) is 5.36. The Morgan fingerprint density at radius 1 is 0.645 bits per heavy atom. The van der Waals surface area contributed by atoms with Gasteiger partial charge in [0.1, 0.15) is 0 Å². The minimum atomic E-state index is 1.03. The highest BCUT2D eigenvalue weighted by atomic mass is 15.0. The Kier molecular flexibility index (Phi) is 3.35. The zero-order chi connectivity index (χ0) is 20.5. The zero-order valence-corrected chi connectivity index (χ0v) is 17.5. The van der Waals surface area contributed by atoms with E-state index in [0.717, 1.165) is 13.0 Å². The minimum absolute atomic E-state index is 1.03. The van der Waals surface area contributed by atoms with Crippen LogP contribution in [0.25, 0.3) is 49.0 Å². The Balaban J connectivity index is 1.86. The second kappa shape index (κ2) is 6.12. The van der Waals surface area contributed by atoms with Crippen LogP contribution < -0.4 is 0 Å². The highest BCUT2D eigenvalue weighted by Gasteiger charge is 2.12. The Labute approximate surface area is 180 Å². The van der Waals surface area contributed by atoms with Crippen molar-refractivity contribution >= 4 is 49.0 Å². The fourth-order valence-corrected chi connectivity index (χ4v) is 5.36. The first-order valence-electron chi connectivity index (χ1n) is 11.0. The largest absolute Gasteiger partial charge is 0.341 e. The fraction of sp³-hybridized carbons (Fsp3) is 0.103. The maximum absolute atomic E-state index is 2.49. The molecule has 0 N–H and O–H groups in total. The Morgan fingerprint density at radius 3 is 2.19 bits per heavy atom. The summed E-state index contributed by atoms with van der Waals surface area (Å²) in [7, 11) is 0. The standard InChI is InChI=1S/C29H22N2/c1-19-14-24-18-25(15-19)31-13-11-21-7-9-23(17-29(21)31)27-5-3-2-4-26(27)22-8-6-20-10-12-30(24)28(20)16-22/h2-10,12,14-18H,11,13H2,1H3. The first kappa shape index (κ1) is 17.0. The molecular formula is C29H22N2. The van der Waals surface area contributed by atoms with Crippen molar-refractivity contribution in [1.29, 1.82) is 0 Å². The van der Waals surface area contributed by atoms with E-state index in [2.05, 4.69) is 107 Å². The van der Waals surface area contributed by atoms with Gasteiger partial charge in [-0.15, -0.1) is 0 Å². The summed E-state index contributed by atoms with van der Waals surface area (Å²) in [5.41, 5.74) is 7.80. The number of aromatic nitrogens is 2. The second-order valence-electron chi connectivity index (χ2n) is 8.78. The van der Waals surface area contributed by atoms with E-state index in [1.807, 2.05) is 0 Å². The van der Waals surface area contributed by atoms with Gasteiger partial charge in [-0.25, -0.2) is 0 Å². The number of fused-ring (bicyclic) bond motifs is 9. The molecule has 4 aromatic carbocycles. The minimum Gasteiger partial charge on any atom is -0.341 e. The molecule has 3 heterocycles. The van der Waals surface area contributed by atoms with Crippen molar-refractivity contribution in [2.45, 2.75) is 19.9 Å². The van der Waals surface area contributed by atoms with Gasteiger partial charge >= 0.3 is 0 Å². The summed E-state index contributed by atoms with van der Waals surface area (Å²) in [5.74, 6) is 0. The van der Waals surface area contributed by atoms with Crippen LogP contribution in [0, 0.1) is 6.92 Å². The first-order valence-corrected chi connectivity index (χ1v) is 11.0. The van der Waals surface area contributed by atoms with E-state index < -0.39 is 0 Å². The topological polar surface area (TPSA) is 9.34 Å². The summed E-state index contributed by atoms with van der Waals surface area (Å²) >= 11 is 0. The van der Waals surface area contributed by atoms with Gasteiger partial charge in [0, 0.05) is 29.3 Å². The maximum Gasteiger partial charge on any atom is 0.0534 e. The molecule has 1 aliphatic heterocycles. The average molecular weight is 399 g/mol. The SMILES string of the molecule is Cc1cc2cc(c1)n1ccc3ccc(cc31)c1ccccc1c1ccc3c(c1)n2CC3. The van der Waals surface area contributed by atoms with Crippen LogP contribution in [0.1, 0.15) is 11.1 Å². The van der Waals surface area contributed by atoms with Crippen LogP contribution in [0.2, 0.25) is 0 Å². The molecule has 31 heavy (non-hydrogen) atoms. The lowest BCUT2D eigenvalue weighted by molar-refractivity contribution is 0.791. The van der Waals surface area contributed by atoms with Crippen molar-refractivity contribution in [3.63, 3.8) is 0 Å². The molecule has 2 heteroatoms. The van der Waals surface area contributed by atoms with Gasteiger partial charge in [-0.1, -0.05) is 48.5 Å². The second-order valence-corrected chi connectivity index (χ2v) is 8.78. The summed E-state index contributed by atoms with van der Waals surface area (Å²) in [6, 6.07) is 31.8. The molecule has 0 atom stereocenters. The summed E-state index contributed by atoms with van der Waals surface area (Å²) < 4.78 is 4.83. The molecule has 1 aliphatic rings. The molecule has 0 fully saturated rings. The molecule has 0 saturated carbocycles. The monoisotopic (exact) mass is 398 g/mol. The van der Waals surface area contributed by atoms with Crippen LogP contribution in [0.4, 0.5) is 0 Å². The molecule has 148 valence electrons. The molecule has 0 unspecified atom stereocenters. The quantitative estimate of drug-likeness (QED) is 0.253. The number of benzene rings is 4. The zero-order valence-electron chi connectivity index (χ0n) is 17.5. The smallest absolute Gasteiger partial charge is 0.0534 e. The van der Waals surface area contributed by atoms with E-state index in [0.29, 0.717) is 0 Å². The number of hydrogen-bond acceptors (Lipinski definition) is 0. The molecule has 0 amide bonds.